The summed E-state index contributed by atoms with van der Waals surface area (Å²) in [6.45, 7) is 4.93. The van der Waals surface area contributed by atoms with Gasteiger partial charge in [-0.05, 0) is 55.7 Å². The Morgan fingerprint density at radius 1 is 1.06 bits per heavy atom. The highest BCUT2D eigenvalue weighted by Crippen LogP contribution is 2.38. The number of aliphatic carboxylic acids is 1. The van der Waals surface area contributed by atoms with Crippen molar-refractivity contribution in [3.05, 3.63) is 85.9 Å². The summed E-state index contributed by atoms with van der Waals surface area (Å²) in [6, 6.07) is 7.63. The van der Waals surface area contributed by atoms with Crippen LogP contribution in [0.4, 0.5) is 25.0 Å². The molecule has 3 fully saturated rings. The lowest BCUT2D eigenvalue weighted by molar-refractivity contribution is -0.142. The Morgan fingerprint density at radius 3 is 2.55 bits per heavy atom. The predicted molar refractivity (Wildman–Crippen MR) is 191 cm³/mol. The van der Waals surface area contributed by atoms with E-state index in [4.69, 9.17) is 9.73 Å². The number of aromatic nitrogens is 1. The fourth-order valence-corrected chi connectivity index (χ4v) is 8.36. The zero-order valence-electron chi connectivity index (χ0n) is 27.7. The molecule has 0 saturated carbocycles. The van der Waals surface area contributed by atoms with E-state index in [0.717, 1.165) is 0 Å². The van der Waals surface area contributed by atoms with E-state index in [9.17, 15) is 28.3 Å². The number of rotatable bonds is 9. The van der Waals surface area contributed by atoms with Gasteiger partial charge in [0.1, 0.15) is 17.7 Å². The largest absolute Gasteiger partial charge is 0.481 e. The molecule has 2 aromatic carbocycles. The zero-order chi connectivity index (χ0) is 35.8. The van der Waals surface area contributed by atoms with Gasteiger partial charge in [-0.2, -0.15) is 0 Å². The second-order valence-corrected chi connectivity index (χ2v) is 14.6. The number of amides is 2. The Labute approximate surface area is 305 Å². The number of nitrogens with zero attached hydrogens (tertiary/aromatic N) is 6. The van der Waals surface area contributed by atoms with Gasteiger partial charge in [0.2, 0.25) is 0 Å². The average Bonchev–Trinajstić information content (AvgIpc) is 3.76. The molecule has 3 aromatic rings. The molecule has 0 bridgehead atoms. The van der Waals surface area contributed by atoms with Crippen LogP contribution >= 0.6 is 27.3 Å². The molecular formula is C35H36BrF2N7O5S. The van der Waals surface area contributed by atoms with Gasteiger partial charge in [-0.25, -0.2) is 23.4 Å². The molecule has 51 heavy (non-hydrogen) atoms. The Hall–Kier alpha value is -4.41. The molecule has 0 unspecified atom stereocenters. The van der Waals surface area contributed by atoms with Crippen molar-refractivity contribution in [2.45, 2.75) is 31.8 Å². The standard InChI is InChI=1S/C35H36BrF2N7O5S/c1-2-50-34(48)29-28(40-31(32-39-7-12-51-32)41-30(29)26-4-3-21(37)15-27(26)36)19-42-10-11-44-25(17-42)18-45(35(44)49)24-14-22(38)13-23(16-24)43-8-5-20(6-9-43)33(46)47/h3-4,7,12-16,20,25,30H,2,5-6,8-11,17-19H2,1H3,(H,40,41)(H,46,47)/t25-,30-/m0/s1. The number of piperidine rings is 1. The first-order valence-electron chi connectivity index (χ1n) is 16.8. The molecule has 4 aliphatic rings. The van der Waals surface area contributed by atoms with E-state index in [0.29, 0.717) is 102 Å². The van der Waals surface area contributed by atoms with Crippen LogP contribution in [-0.4, -0.2) is 102 Å². The van der Waals surface area contributed by atoms with Crippen LogP contribution < -0.4 is 15.1 Å². The van der Waals surface area contributed by atoms with Crippen LogP contribution in [0.15, 0.2) is 68.7 Å². The minimum absolute atomic E-state index is 0.150. The number of urea groups is 1. The predicted octanol–water partition coefficient (Wildman–Crippen LogP) is 5.02. The van der Waals surface area contributed by atoms with Crippen LogP contribution in [0, 0.1) is 17.6 Å². The van der Waals surface area contributed by atoms with Gasteiger partial charge in [0.05, 0.1) is 29.8 Å². The molecule has 16 heteroatoms. The number of halogens is 3. The number of fused-ring (bicyclic) bond motifs is 1. The fraction of sp³-hybridized carbons (Fsp3) is 0.400. The Kier molecular flexibility index (Phi) is 10.1. The highest BCUT2D eigenvalue weighted by atomic mass is 79.9. The van der Waals surface area contributed by atoms with Gasteiger partial charge >= 0.3 is 18.0 Å². The van der Waals surface area contributed by atoms with E-state index in [1.54, 1.807) is 35.1 Å². The number of carbonyl (C=O) groups excluding carboxylic acids is 2. The molecule has 3 saturated heterocycles. The SMILES string of the molecule is CCOC(=O)C1=C(CN2CCN3C(=O)N(c4cc(F)cc(N5CCC(C(=O)O)CC5)c4)C[C@@H]3C2)NC(c2nccs2)=N[C@H]1c1ccc(F)cc1Br. The number of thiazole rings is 1. The van der Waals surface area contributed by atoms with Crippen LogP contribution in [0.1, 0.15) is 36.4 Å². The number of carboxylic acid groups (broad SMARTS) is 1. The lowest BCUT2D eigenvalue weighted by Gasteiger charge is -2.38. The summed E-state index contributed by atoms with van der Waals surface area (Å²) in [7, 11) is 0. The average molecular weight is 785 g/mol. The fourth-order valence-electron chi connectivity index (χ4n) is 7.20. The number of amidine groups is 1. The number of carbonyl (C=O) groups is 3. The van der Waals surface area contributed by atoms with Gasteiger partial charge in [0.25, 0.3) is 0 Å². The Balaban J connectivity index is 1.13. The van der Waals surface area contributed by atoms with Crippen molar-refractivity contribution in [1.29, 1.82) is 0 Å². The third-order valence-electron chi connectivity index (χ3n) is 9.72. The lowest BCUT2D eigenvalue weighted by Crippen LogP contribution is -2.53. The van der Waals surface area contributed by atoms with Gasteiger partial charge in [-0.3, -0.25) is 19.6 Å². The van der Waals surface area contributed by atoms with E-state index >= 15 is 0 Å². The van der Waals surface area contributed by atoms with E-state index in [1.165, 1.54) is 35.6 Å². The molecule has 2 atom stereocenters. The summed E-state index contributed by atoms with van der Waals surface area (Å²) >= 11 is 4.86. The van der Waals surface area contributed by atoms with Gasteiger partial charge < -0.3 is 25.0 Å². The monoisotopic (exact) mass is 783 g/mol. The third-order valence-corrected chi connectivity index (χ3v) is 11.2. The first-order chi connectivity index (χ1) is 24.6. The summed E-state index contributed by atoms with van der Waals surface area (Å²) in [5.41, 5.74) is 2.54. The number of piperazine rings is 1. The minimum atomic E-state index is -0.815. The second-order valence-electron chi connectivity index (χ2n) is 12.9. The van der Waals surface area contributed by atoms with Crippen molar-refractivity contribution in [3.63, 3.8) is 0 Å². The molecule has 2 N–H and O–H groups in total. The summed E-state index contributed by atoms with van der Waals surface area (Å²) in [4.78, 5) is 55.6. The maximum Gasteiger partial charge on any atom is 0.338 e. The zero-order valence-corrected chi connectivity index (χ0v) is 30.1. The molecule has 268 valence electrons. The minimum Gasteiger partial charge on any atom is -0.481 e. The normalized spacial score (nSPS) is 21.5. The highest BCUT2D eigenvalue weighted by Gasteiger charge is 2.43. The topological polar surface area (TPSA) is 131 Å². The molecule has 5 heterocycles. The number of ether oxygens (including phenoxy) is 1. The number of esters is 1. The molecule has 1 aromatic heterocycles. The number of aliphatic imine (C=N–C) groups is 1. The van der Waals surface area contributed by atoms with Crippen molar-refractivity contribution in [1.82, 2.24) is 20.1 Å². The molecule has 7 rings (SSSR count). The summed E-state index contributed by atoms with van der Waals surface area (Å²) in [6.07, 6.45) is 2.61. The quantitative estimate of drug-likeness (QED) is 0.288. The molecule has 2 amide bonds. The van der Waals surface area contributed by atoms with Crippen LogP contribution in [0.25, 0.3) is 0 Å². The van der Waals surface area contributed by atoms with Crippen molar-refractivity contribution in [2.75, 3.05) is 62.2 Å². The van der Waals surface area contributed by atoms with Crippen LogP contribution in [-0.2, 0) is 14.3 Å². The smallest absolute Gasteiger partial charge is 0.338 e. The van der Waals surface area contributed by atoms with Crippen molar-refractivity contribution < 1.29 is 33.0 Å². The third kappa shape index (κ3) is 7.21. The van der Waals surface area contributed by atoms with Crippen molar-refractivity contribution in [3.8, 4) is 0 Å². The van der Waals surface area contributed by atoms with E-state index < -0.39 is 35.5 Å². The molecular weight excluding hydrogens is 748 g/mol. The highest BCUT2D eigenvalue weighted by molar-refractivity contribution is 9.10. The van der Waals surface area contributed by atoms with E-state index in [2.05, 4.69) is 31.1 Å². The Morgan fingerprint density at radius 2 is 1.84 bits per heavy atom. The van der Waals surface area contributed by atoms with E-state index in [1.807, 2.05) is 10.3 Å². The number of anilines is 2. The number of nitrogens with one attached hydrogen (secondary N) is 1. The van der Waals surface area contributed by atoms with Gasteiger partial charge in [-0.1, -0.05) is 22.0 Å². The Bertz CT molecular complexity index is 1900. The molecule has 0 spiro atoms. The number of hydrogen-bond donors (Lipinski definition) is 2. The number of carboxylic acids is 1. The first kappa shape index (κ1) is 35.0. The second kappa shape index (κ2) is 14.7. The summed E-state index contributed by atoms with van der Waals surface area (Å²) < 4.78 is 35.1. The molecule has 0 radical (unpaired) electrons. The molecule has 12 nitrogen and oxygen atoms in total. The number of benzene rings is 2. The van der Waals surface area contributed by atoms with Crippen molar-refractivity contribution >= 4 is 62.4 Å². The molecule has 4 aliphatic heterocycles. The van der Waals surface area contributed by atoms with Crippen LogP contribution in [0.3, 0.4) is 0 Å². The number of hydrogen-bond acceptors (Lipinski definition) is 10. The van der Waals surface area contributed by atoms with Gasteiger partial charge in [0.15, 0.2) is 10.8 Å². The van der Waals surface area contributed by atoms with Crippen molar-refractivity contribution in [2.24, 2.45) is 10.9 Å². The van der Waals surface area contributed by atoms with Gasteiger partial charge in [-0.15, -0.1) is 11.3 Å². The lowest BCUT2D eigenvalue weighted by atomic mass is 9.95. The van der Waals surface area contributed by atoms with Gasteiger partial charge in [0, 0.05) is 73.2 Å². The maximum absolute atomic E-state index is 15.0. The molecule has 0 aliphatic carbocycles. The summed E-state index contributed by atoms with van der Waals surface area (Å²) in [5, 5.41) is 15.2. The van der Waals surface area contributed by atoms with Crippen LogP contribution in [0.5, 0.6) is 0 Å². The van der Waals surface area contributed by atoms with Crippen LogP contribution in [0.2, 0.25) is 0 Å². The maximum atomic E-state index is 15.0. The first-order valence-corrected chi connectivity index (χ1v) is 18.5. The summed E-state index contributed by atoms with van der Waals surface area (Å²) in [5.74, 6) is -2.20. The van der Waals surface area contributed by atoms with E-state index in [-0.39, 0.29) is 18.7 Å².